The maximum absolute atomic E-state index is 12.6. The van der Waals surface area contributed by atoms with Crippen molar-refractivity contribution in [2.24, 2.45) is 5.41 Å². The summed E-state index contributed by atoms with van der Waals surface area (Å²) in [6.07, 6.45) is 1.08. The van der Waals surface area contributed by atoms with Crippen molar-refractivity contribution in [2.75, 3.05) is 19.6 Å². The van der Waals surface area contributed by atoms with E-state index in [9.17, 15) is 24.3 Å². The van der Waals surface area contributed by atoms with Gasteiger partial charge in [0.15, 0.2) is 0 Å². The SMILES string of the molecule is Cc1ccc2c(c1)C(=O)N(CC(=O)N1CCCC(C)(C(=O)O)C1)C2=O. The Kier molecular flexibility index (Phi) is 4.10. The molecule has 0 spiro atoms. The molecule has 1 atom stereocenters. The fourth-order valence-corrected chi connectivity index (χ4v) is 3.41. The molecule has 3 amide bonds. The lowest BCUT2D eigenvalue weighted by Gasteiger charge is -2.38. The molecule has 7 heteroatoms. The van der Waals surface area contributed by atoms with Gasteiger partial charge < -0.3 is 10.0 Å². The van der Waals surface area contributed by atoms with Crippen LogP contribution in [0.1, 0.15) is 46.0 Å². The van der Waals surface area contributed by atoms with Crippen LogP contribution in [0, 0.1) is 12.3 Å². The van der Waals surface area contributed by atoms with E-state index < -0.39 is 29.1 Å². The van der Waals surface area contributed by atoms with Gasteiger partial charge in [-0.3, -0.25) is 24.1 Å². The van der Waals surface area contributed by atoms with Crippen molar-refractivity contribution in [3.05, 3.63) is 34.9 Å². The molecule has 2 aliphatic heterocycles. The van der Waals surface area contributed by atoms with Gasteiger partial charge in [0, 0.05) is 13.1 Å². The van der Waals surface area contributed by atoms with Crippen LogP contribution in [0.2, 0.25) is 0 Å². The summed E-state index contributed by atoms with van der Waals surface area (Å²) >= 11 is 0. The minimum Gasteiger partial charge on any atom is -0.481 e. The summed E-state index contributed by atoms with van der Waals surface area (Å²) in [6.45, 7) is 3.60. The van der Waals surface area contributed by atoms with Gasteiger partial charge in [-0.15, -0.1) is 0 Å². The van der Waals surface area contributed by atoms with Crippen LogP contribution < -0.4 is 0 Å². The molecule has 1 unspecified atom stereocenters. The summed E-state index contributed by atoms with van der Waals surface area (Å²) in [5.74, 6) is -2.30. The molecule has 2 heterocycles. The average Bonchev–Trinajstić information content (AvgIpc) is 2.79. The Balaban J connectivity index is 1.75. The van der Waals surface area contributed by atoms with Crippen LogP contribution in [0.4, 0.5) is 0 Å². The van der Waals surface area contributed by atoms with Gasteiger partial charge in [-0.05, 0) is 38.8 Å². The van der Waals surface area contributed by atoms with Crippen LogP contribution in [0.15, 0.2) is 18.2 Å². The molecule has 3 rings (SSSR count). The third-order valence-electron chi connectivity index (χ3n) is 4.99. The lowest BCUT2D eigenvalue weighted by Crippen LogP contribution is -2.51. The lowest BCUT2D eigenvalue weighted by molar-refractivity contribution is -0.153. The fraction of sp³-hybridized carbons (Fsp3) is 0.444. The van der Waals surface area contributed by atoms with Crippen molar-refractivity contribution >= 4 is 23.7 Å². The van der Waals surface area contributed by atoms with E-state index >= 15 is 0 Å². The predicted molar refractivity (Wildman–Crippen MR) is 88.1 cm³/mol. The Hall–Kier alpha value is -2.70. The Labute approximate surface area is 145 Å². The fourth-order valence-electron chi connectivity index (χ4n) is 3.41. The summed E-state index contributed by atoms with van der Waals surface area (Å²) < 4.78 is 0. The first kappa shape index (κ1) is 17.1. The highest BCUT2D eigenvalue weighted by Crippen LogP contribution is 2.30. The molecule has 0 saturated carbocycles. The molecule has 7 nitrogen and oxygen atoms in total. The van der Waals surface area contributed by atoms with E-state index in [0.29, 0.717) is 30.5 Å². The van der Waals surface area contributed by atoms with E-state index in [1.54, 1.807) is 25.1 Å². The number of amides is 3. The van der Waals surface area contributed by atoms with Gasteiger partial charge in [-0.25, -0.2) is 0 Å². The number of hydrogen-bond donors (Lipinski definition) is 1. The molecule has 1 aromatic rings. The second kappa shape index (κ2) is 5.98. The molecular weight excluding hydrogens is 324 g/mol. The number of aliphatic carboxylic acids is 1. The van der Waals surface area contributed by atoms with Crippen molar-refractivity contribution in [2.45, 2.75) is 26.7 Å². The van der Waals surface area contributed by atoms with Gasteiger partial charge in [0.05, 0.1) is 16.5 Å². The number of carboxylic acids is 1. The first-order valence-corrected chi connectivity index (χ1v) is 8.21. The van der Waals surface area contributed by atoms with E-state index in [4.69, 9.17) is 0 Å². The van der Waals surface area contributed by atoms with E-state index in [0.717, 1.165) is 10.5 Å². The predicted octanol–water partition coefficient (Wildman–Crippen LogP) is 1.30. The molecule has 0 aromatic heterocycles. The standard InChI is InChI=1S/C18H20N2O5/c1-11-4-5-12-13(8-11)16(23)20(15(12)22)9-14(21)19-7-3-6-18(2,10-19)17(24)25/h4-5,8H,3,6-7,9-10H2,1-2H3,(H,24,25). The topological polar surface area (TPSA) is 95.0 Å². The van der Waals surface area contributed by atoms with Crippen LogP contribution in [-0.2, 0) is 9.59 Å². The number of hydrogen-bond acceptors (Lipinski definition) is 4. The summed E-state index contributed by atoms with van der Waals surface area (Å²) in [4.78, 5) is 51.2. The van der Waals surface area contributed by atoms with Crippen LogP contribution in [0.5, 0.6) is 0 Å². The van der Waals surface area contributed by atoms with Crippen LogP contribution in [0.25, 0.3) is 0 Å². The number of aryl methyl sites for hydroxylation is 1. The summed E-state index contributed by atoms with van der Waals surface area (Å²) in [7, 11) is 0. The number of likely N-dealkylation sites (tertiary alicyclic amines) is 1. The molecular formula is C18H20N2O5. The van der Waals surface area contributed by atoms with Crippen LogP contribution >= 0.6 is 0 Å². The normalized spacial score (nSPS) is 23.0. The van der Waals surface area contributed by atoms with Gasteiger partial charge >= 0.3 is 5.97 Å². The highest BCUT2D eigenvalue weighted by atomic mass is 16.4. The number of rotatable bonds is 3. The highest BCUT2D eigenvalue weighted by molar-refractivity contribution is 6.22. The smallest absolute Gasteiger partial charge is 0.311 e. The second-order valence-corrected chi connectivity index (χ2v) is 7.03. The largest absolute Gasteiger partial charge is 0.481 e. The molecule has 0 radical (unpaired) electrons. The highest BCUT2D eigenvalue weighted by Gasteiger charge is 2.41. The van der Waals surface area contributed by atoms with Gasteiger partial charge in [-0.2, -0.15) is 0 Å². The molecule has 1 aromatic carbocycles. The third-order valence-corrected chi connectivity index (χ3v) is 4.99. The van der Waals surface area contributed by atoms with Crippen molar-refractivity contribution < 1.29 is 24.3 Å². The van der Waals surface area contributed by atoms with Gasteiger partial charge in [0.25, 0.3) is 11.8 Å². The molecule has 132 valence electrons. The second-order valence-electron chi connectivity index (χ2n) is 7.03. The van der Waals surface area contributed by atoms with Crippen molar-refractivity contribution in [1.29, 1.82) is 0 Å². The van der Waals surface area contributed by atoms with E-state index in [2.05, 4.69) is 0 Å². The number of fused-ring (bicyclic) bond motifs is 1. The van der Waals surface area contributed by atoms with Crippen LogP contribution in [-0.4, -0.2) is 58.2 Å². The van der Waals surface area contributed by atoms with E-state index in [1.165, 1.54) is 4.90 Å². The van der Waals surface area contributed by atoms with Crippen molar-refractivity contribution in [3.63, 3.8) is 0 Å². The zero-order valence-electron chi connectivity index (χ0n) is 14.2. The molecule has 25 heavy (non-hydrogen) atoms. The van der Waals surface area contributed by atoms with Crippen LogP contribution in [0.3, 0.4) is 0 Å². The van der Waals surface area contributed by atoms with E-state index in [1.807, 2.05) is 6.92 Å². The van der Waals surface area contributed by atoms with Gasteiger partial charge in [-0.1, -0.05) is 11.6 Å². The van der Waals surface area contributed by atoms with E-state index in [-0.39, 0.29) is 13.1 Å². The minimum atomic E-state index is -0.993. The monoisotopic (exact) mass is 344 g/mol. The quantitative estimate of drug-likeness (QED) is 0.834. The molecule has 1 N–H and O–H groups in total. The Morgan fingerprint density at radius 3 is 2.56 bits per heavy atom. The number of piperidine rings is 1. The molecule has 0 bridgehead atoms. The zero-order valence-corrected chi connectivity index (χ0v) is 14.2. The molecule has 2 aliphatic rings. The third kappa shape index (κ3) is 2.90. The molecule has 1 fully saturated rings. The van der Waals surface area contributed by atoms with Gasteiger partial charge in [0.2, 0.25) is 5.91 Å². The molecule has 0 aliphatic carbocycles. The van der Waals surface area contributed by atoms with Crippen molar-refractivity contribution in [1.82, 2.24) is 9.80 Å². The molecule has 1 saturated heterocycles. The summed E-state index contributed by atoms with van der Waals surface area (Å²) in [5, 5.41) is 9.35. The first-order chi connectivity index (χ1) is 11.7. The number of benzene rings is 1. The average molecular weight is 344 g/mol. The zero-order chi connectivity index (χ0) is 18.4. The Bertz CT molecular complexity index is 788. The number of carboxylic acid groups (broad SMARTS) is 1. The number of carbonyl (C=O) groups is 4. The first-order valence-electron chi connectivity index (χ1n) is 8.21. The minimum absolute atomic E-state index is 0.0868. The summed E-state index contributed by atoms with van der Waals surface area (Å²) in [6, 6.07) is 4.98. The summed E-state index contributed by atoms with van der Waals surface area (Å²) in [5.41, 5.74) is 0.484. The number of nitrogens with zero attached hydrogens (tertiary/aromatic N) is 2. The van der Waals surface area contributed by atoms with Crippen molar-refractivity contribution in [3.8, 4) is 0 Å². The maximum atomic E-state index is 12.6. The lowest BCUT2D eigenvalue weighted by atomic mass is 9.82. The maximum Gasteiger partial charge on any atom is 0.311 e. The van der Waals surface area contributed by atoms with Gasteiger partial charge in [0.1, 0.15) is 6.54 Å². The number of imide groups is 1. The Morgan fingerprint density at radius 1 is 1.20 bits per heavy atom. The number of carbonyl (C=O) groups excluding carboxylic acids is 3. The Morgan fingerprint density at radius 2 is 1.88 bits per heavy atom.